The SMILES string of the molecule is COc1c(Oc2ccc(Cl)c(F)c2C(=O)O)ccc(OC(F)(F)F)c1F. The van der Waals surface area contributed by atoms with E-state index in [9.17, 15) is 26.7 Å². The molecule has 2 aromatic rings. The van der Waals surface area contributed by atoms with Gasteiger partial charge in [-0.15, -0.1) is 13.2 Å². The third-order valence-corrected chi connectivity index (χ3v) is 3.24. The Kier molecular flexibility index (Phi) is 5.45. The maximum Gasteiger partial charge on any atom is 0.573 e. The van der Waals surface area contributed by atoms with E-state index in [0.717, 1.165) is 25.3 Å². The van der Waals surface area contributed by atoms with Crippen LogP contribution in [0.3, 0.4) is 0 Å². The number of rotatable bonds is 5. The fourth-order valence-corrected chi connectivity index (χ4v) is 2.09. The van der Waals surface area contributed by atoms with Crippen molar-refractivity contribution in [1.29, 1.82) is 0 Å². The Balaban J connectivity index is 2.50. The number of aromatic carboxylic acids is 1. The number of alkyl halides is 3. The number of halogens is 6. The largest absolute Gasteiger partial charge is 0.573 e. The topological polar surface area (TPSA) is 65.0 Å². The van der Waals surface area contributed by atoms with Gasteiger partial charge in [0.05, 0.1) is 12.1 Å². The van der Waals surface area contributed by atoms with E-state index in [1.807, 2.05) is 0 Å². The molecule has 0 atom stereocenters. The molecule has 5 nitrogen and oxygen atoms in total. The van der Waals surface area contributed by atoms with Crippen LogP contribution in [0.1, 0.15) is 10.4 Å². The van der Waals surface area contributed by atoms with E-state index in [1.54, 1.807) is 0 Å². The molecule has 0 bridgehead atoms. The minimum absolute atomic E-state index is 0.498. The first kappa shape index (κ1) is 19.6. The number of carbonyl (C=O) groups is 1. The van der Waals surface area contributed by atoms with Crippen molar-refractivity contribution in [3.05, 3.63) is 46.5 Å². The standard InChI is InChI=1S/C15H8ClF5O5/c1-24-13-9(5-4-8(12(13)18)26-15(19,20)21)25-7-3-2-6(16)11(17)10(7)14(22)23/h2-5H,1H3,(H,22,23). The summed E-state index contributed by atoms with van der Waals surface area (Å²) in [5.41, 5.74) is -0.949. The van der Waals surface area contributed by atoms with E-state index in [4.69, 9.17) is 21.4 Å². The van der Waals surface area contributed by atoms with Gasteiger partial charge in [0.2, 0.25) is 11.6 Å². The summed E-state index contributed by atoms with van der Waals surface area (Å²) in [6, 6.07) is 3.41. The molecule has 0 fully saturated rings. The fraction of sp³-hybridized carbons (Fsp3) is 0.133. The lowest BCUT2D eigenvalue weighted by Gasteiger charge is -2.16. The van der Waals surface area contributed by atoms with Crippen molar-refractivity contribution in [2.24, 2.45) is 0 Å². The first-order chi connectivity index (χ1) is 12.0. The molecule has 11 heteroatoms. The van der Waals surface area contributed by atoms with Crippen LogP contribution in [-0.4, -0.2) is 24.5 Å². The molecule has 140 valence electrons. The van der Waals surface area contributed by atoms with Crippen molar-refractivity contribution >= 4 is 17.6 Å². The van der Waals surface area contributed by atoms with Gasteiger partial charge in [-0.3, -0.25) is 0 Å². The maximum absolute atomic E-state index is 14.1. The van der Waals surface area contributed by atoms with Crippen molar-refractivity contribution in [3.63, 3.8) is 0 Å². The van der Waals surface area contributed by atoms with Crippen LogP contribution in [0.15, 0.2) is 24.3 Å². The van der Waals surface area contributed by atoms with Gasteiger partial charge in [0.25, 0.3) is 0 Å². The molecule has 0 amide bonds. The van der Waals surface area contributed by atoms with E-state index < -0.39 is 57.6 Å². The molecule has 0 aliphatic heterocycles. The Hall–Kier alpha value is -2.75. The lowest BCUT2D eigenvalue weighted by Crippen LogP contribution is -2.18. The molecule has 0 aromatic heterocycles. The molecular weight excluding hydrogens is 391 g/mol. The molecule has 0 aliphatic rings. The van der Waals surface area contributed by atoms with Gasteiger partial charge in [0.15, 0.2) is 17.3 Å². The predicted molar refractivity (Wildman–Crippen MR) is 78.1 cm³/mol. The molecule has 2 aromatic carbocycles. The van der Waals surface area contributed by atoms with Crippen LogP contribution in [0.4, 0.5) is 22.0 Å². The van der Waals surface area contributed by atoms with Crippen molar-refractivity contribution in [2.75, 3.05) is 7.11 Å². The van der Waals surface area contributed by atoms with E-state index in [-0.39, 0.29) is 0 Å². The number of ether oxygens (including phenoxy) is 3. The van der Waals surface area contributed by atoms with Gasteiger partial charge in [0.1, 0.15) is 11.3 Å². The van der Waals surface area contributed by atoms with Gasteiger partial charge < -0.3 is 19.3 Å². The van der Waals surface area contributed by atoms with Gasteiger partial charge in [-0.1, -0.05) is 11.6 Å². The summed E-state index contributed by atoms with van der Waals surface area (Å²) >= 11 is 5.50. The monoisotopic (exact) mass is 398 g/mol. The van der Waals surface area contributed by atoms with Gasteiger partial charge >= 0.3 is 12.3 Å². The van der Waals surface area contributed by atoms with Crippen molar-refractivity contribution < 1.29 is 46.1 Å². The minimum atomic E-state index is -5.15. The Labute approximate surface area is 147 Å². The van der Waals surface area contributed by atoms with Crippen LogP contribution in [-0.2, 0) is 0 Å². The maximum atomic E-state index is 14.1. The second-order valence-electron chi connectivity index (χ2n) is 4.60. The number of carboxylic acids is 1. The second kappa shape index (κ2) is 7.24. The highest BCUT2D eigenvalue weighted by molar-refractivity contribution is 6.31. The number of benzene rings is 2. The quantitative estimate of drug-likeness (QED) is 0.717. The van der Waals surface area contributed by atoms with Crippen LogP contribution in [0.5, 0.6) is 23.0 Å². The summed E-state index contributed by atoms with van der Waals surface area (Å²) in [7, 11) is 0.934. The zero-order valence-corrected chi connectivity index (χ0v) is 13.4. The van der Waals surface area contributed by atoms with Crippen molar-refractivity contribution in [3.8, 4) is 23.0 Å². The Bertz CT molecular complexity index is 853. The molecule has 0 saturated heterocycles. The highest BCUT2D eigenvalue weighted by Gasteiger charge is 2.34. The van der Waals surface area contributed by atoms with Gasteiger partial charge in [-0.25, -0.2) is 9.18 Å². The molecule has 0 heterocycles. The van der Waals surface area contributed by atoms with E-state index in [1.165, 1.54) is 0 Å². The van der Waals surface area contributed by atoms with Gasteiger partial charge in [-0.2, -0.15) is 4.39 Å². The summed E-state index contributed by atoms with van der Waals surface area (Å²) < 4.78 is 78.0. The Morgan fingerprint density at radius 2 is 1.62 bits per heavy atom. The summed E-state index contributed by atoms with van der Waals surface area (Å²) in [6.45, 7) is 0. The van der Waals surface area contributed by atoms with Crippen molar-refractivity contribution in [2.45, 2.75) is 6.36 Å². The predicted octanol–water partition coefficient (Wildman–Crippen LogP) is 5.02. The Morgan fingerprint density at radius 3 is 2.15 bits per heavy atom. The highest BCUT2D eigenvalue weighted by atomic mass is 35.5. The van der Waals surface area contributed by atoms with Crippen LogP contribution < -0.4 is 14.2 Å². The minimum Gasteiger partial charge on any atom is -0.490 e. The lowest BCUT2D eigenvalue weighted by molar-refractivity contribution is -0.275. The smallest absolute Gasteiger partial charge is 0.490 e. The first-order valence-electron chi connectivity index (χ1n) is 6.56. The van der Waals surface area contributed by atoms with Crippen LogP contribution in [0.2, 0.25) is 5.02 Å². The second-order valence-corrected chi connectivity index (χ2v) is 5.01. The summed E-state index contributed by atoms with van der Waals surface area (Å²) in [6.07, 6.45) is -5.15. The fourth-order valence-electron chi connectivity index (χ4n) is 1.93. The molecule has 26 heavy (non-hydrogen) atoms. The molecule has 2 rings (SSSR count). The van der Waals surface area contributed by atoms with Gasteiger partial charge in [-0.05, 0) is 24.3 Å². The third-order valence-electron chi connectivity index (χ3n) is 2.95. The average molecular weight is 399 g/mol. The molecular formula is C15H8ClF5O5. The number of carboxylic acid groups (broad SMARTS) is 1. The normalized spacial score (nSPS) is 11.2. The van der Waals surface area contributed by atoms with E-state index >= 15 is 0 Å². The molecule has 0 unspecified atom stereocenters. The molecule has 0 aliphatic carbocycles. The Morgan fingerprint density at radius 1 is 1.04 bits per heavy atom. The first-order valence-corrected chi connectivity index (χ1v) is 6.94. The van der Waals surface area contributed by atoms with Crippen LogP contribution >= 0.6 is 11.6 Å². The molecule has 0 spiro atoms. The zero-order chi connectivity index (χ0) is 19.6. The van der Waals surface area contributed by atoms with Crippen molar-refractivity contribution in [1.82, 2.24) is 0 Å². The molecule has 0 radical (unpaired) electrons. The number of hydrogen-bond acceptors (Lipinski definition) is 4. The van der Waals surface area contributed by atoms with E-state index in [2.05, 4.69) is 9.47 Å². The van der Waals surface area contributed by atoms with Crippen LogP contribution in [0.25, 0.3) is 0 Å². The van der Waals surface area contributed by atoms with Gasteiger partial charge in [0, 0.05) is 0 Å². The lowest BCUT2D eigenvalue weighted by atomic mass is 10.2. The third kappa shape index (κ3) is 4.07. The zero-order valence-electron chi connectivity index (χ0n) is 12.7. The average Bonchev–Trinajstić information content (AvgIpc) is 2.52. The molecule has 1 N–H and O–H groups in total. The van der Waals surface area contributed by atoms with Crippen LogP contribution in [0, 0.1) is 11.6 Å². The molecule has 0 saturated carbocycles. The summed E-state index contributed by atoms with van der Waals surface area (Å²) in [4.78, 5) is 11.2. The summed E-state index contributed by atoms with van der Waals surface area (Å²) in [5.74, 6) is -7.65. The summed E-state index contributed by atoms with van der Waals surface area (Å²) in [5, 5.41) is 8.57. The van der Waals surface area contributed by atoms with E-state index in [0.29, 0.717) is 6.07 Å². The number of hydrogen-bond donors (Lipinski definition) is 1. The number of methoxy groups -OCH3 is 1. The highest BCUT2D eigenvalue weighted by Crippen LogP contribution is 2.41.